The molecule has 1 aromatic heterocycles. The summed E-state index contributed by atoms with van der Waals surface area (Å²) in [4.78, 5) is 0.236. The average molecular weight is 308 g/mol. The summed E-state index contributed by atoms with van der Waals surface area (Å²) < 4.78 is 26.9. The van der Waals surface area contributed by atoms with E-state index in [0.29, 0.717) is 23.6 Å². The molecule has 0 bridgehead atoms. The lowest BCUT2D eigenvalue weighted by atomic mass is 10.2. The fourth-order valence-electron chi connectivity index (χ4n) is 2.13. The molecule has 0 amide bonds. The van der Waals surface area contributed by atoms with Crippen molar-refractivity contribution in [3.05, 3.63) is 41.2 Å². The molecule has 7 heteroatoms. The first-order valence-electron chi connectivity index (χ1n) is 6.62. The number of nitrogens with zero attached hydrogens (tertiary/aromatic N) is 2. The Morgan fingerprint density at radius 1 is 1.24 bits per heavy atom. The Morgan fingerprint density at radius 3 is 2.43 bits per heavy atom. The number of aromatic amines is 1. The second-order valence-electron chi connectivity index (χ2n) is 4.96. The molecule has 0 unspecified atom stereocenters. The van der Waals surface area contributed by atoms with Gasteiger partial charge < -0.3 is 5.32 Å². The maximum Gasteiger partial charge on any atom is 0.267 e. The van der Waals surface area contributed by atoms with Gasteiger partial charge in [0.25, 0.3) is 10.0 Å². The summed E-state index contributed by atoms with van der Waals surface area (Å²) in [5.74, 6) is 0. The maximum absolute atomic E-state index is 12.8. The minimum Gasteiger partial charge on any atom is -0.314 e. The van der Waals surface area contributed by atoms with E-state index in [1.54, 1.807) is 33.2 Å². The molecule has 0 aliphatic heterocycles. The van der Waals surface area contributed by atoms with Crippen LogP contribution in [0.3, 0.4) is 0 Å². The van der Waals surface area contributed by atoms with Gasteiger partial charge in [-0.2, -0.15) is 5.10 Å². The van der Waals surface area contributed by atoms with Crippen LogP contribution < -0.4 is 9.62 Å². The second kappa shape index (κ2) is 5.87. The lowest BCUT2D eigenvalue weighted by Crippen LogP contribution is -2.28. The number of anilines is 1. The summed E-state index contributed by atoms with van der Waals surface area (Å²) in [7, 11) is -0.340. The molecule has 0 aliphatic carbocycles. The van der Waals surface area contributed by atoms with Gasteiger partial charge in [0.15, 0.2) is 0 Å². The van der Waals surface area contributed by atoms with Crippen LogP contribution in [0.2, 0.25) is 0 Å². The molecule has 0 fully saturated rings. The van der Waals surface area contributed by atoms with Crippen molar-refractivity contribution in [2.45, 2.75) is 25.3 Å². The van der Waals surface area contributed by atoms with E-state index < -0.39 is 10.0 Å². The Kier molecular flexibility index (Phi) is 4.34. The highest BCUT2D eigenvalue weighted by Gasteiger charge is 2.28. The zero-order chi connectivity index (χ0) is 15.6. The molecule has 0 saturated carbocycles. The zero-order valence-electron chi connectivity index (χ0n) is 12.6. The zero-order valence-corrected chi connectivity index (χ0v) is 13.5. The Labute approximate surface area is 125 Å². The van der Waals surface area contributed by atoms with E-state index in [1.807, 2.05) is 19.1 Å². The standard InChI is InChI=1S/C14H20N4O2S/c1-10-5-7-12(8-6-10)18(4)21(19,20)14-11(2)16-17-13(14)9-15-3/h5-8,15H,9H2,1-4H3,(H,16,17). The Balaban J connectivity index is 2.46. The van der Waals surface area contributed by atoms with Crippen LogP contribution in [-0.2, 0) is 16.6 Å². The van der Waals surface area contributed by atoms with Gasteiger partial charge in [-0.05, 0) is 33.0 Å². The number of rotatable bonds is 5. The molecule has 2 N–H and O–H groups in total. The Morgan fingerprint density at radius 2 is 1.86 bits per heavy atom. The van der Waals surface area contributed by atoms with Crippen molar-refractivity contribution in [1.82, 2.24) is 15.5 Å². The van der Waals surface area contributed by atoms with Crippen LogP contribution >= 0.6 is 0 Å². The predicted octanol–water partition coefficient (Wildman–Crippen LogP) is 1.57. The molecule has 1 aromatic carbocycles. The molecular weight excluding hydrogens is 288 g/mol. The third kappa shape index (κ3) is 2.93. The Bertz CT molecular complexity index is 720. The van der Waals surface area contributed by atoms with Crippen LogP contribution in [0, 0.1) is 13.8 Å². The number of aryl methyl sites for hydroxylation is 2. The van der Waals surface area contributed by atoms with Crippen molar-refractivity contribution in [2.75, 3.05) is 18.4 Å². The summed E-state index contributed by atoms with van der Waals surface area (Å²) in [5, 5.41) is 9.75. The minimum atomic E-state index is -3.65. The SMILES string of the molecule is CNCc1n[nH]c(C)c1S(=O)(=O)N(C)c1ccc(C)cc1. The molecule has 6 nitrogen and oxygen atoms in total. The van der Waals surface area contributed by atoms with Crippen molar-refractivity contribution in [3.63, 3.8) is 0 Å². The number of benzene rings is 1. The van der Waals surface area contributed by atoms with Gasteiger partial charge in [-0.15, -0.1) is 0 Å². The van der Waals surface area contributed by atoms with Gasteiger partial charge in [0.05, 0.1) is 17.1 Å². The summed E-state index contributed by atoms with van der Waals surface area (Å²) in [5.41, 5.74) is 2.74. The van der Waals surface area contributed by atoms with Gasteiger partial charge >= 0.3 is 0 Å². The number of H-pyrrole nitrogens is 1. The lowest BCUT2D eigenvalue weighted by Gasteiger charge is -2.20. The lowest BCUT2D eigenvalue weighted by molar-refractivity contribution is 0.591. The molecule has 0 radical (unpaired) electrons. The fourth-order valence-corrected chi connectivity index (χ4v) is 3.65. The first-order valence-corrected chi connectivity index (χ1v) is 8.06. The minimum absolute atomic E-state index is 0.236. The topological polar surface area (TPSA) is 78.1 Å². The number of hydrogen-bond acceptors (Lipinski definition) is 4. The summed E-state index contributed by atoms with van der Waals surface area (Å²) >= 11 is 0. The molecule has 0 atom stereocenters. The quantitative estimate of drug-likeness (QED) is 0.879. The van der Waals surface area contributed by atoms with Crippen LogP contribution in [0.25, 0.3) is 0 Å². The van der Waals surface area contributed by atoms with Gasteiger partial charge in [-0.1, -0.05) is 17.7 Å². The van der Waals surface area contributed by atoms with Crippen molar-refractivity contribution >= 4 is 15.7 Å². The molecule has 2 aromatic rings. The molecule has 1 heterocycles. The molecule has 0 spiro atoms. The van der Waals surface area contributed by atoms with Crippen molar-refractivity contribution in [2.24, 2.45) is 0 Å². The maximum atomic E-state index is 12.8. The highest BCUT2D eigenvalue weighted by atomic mass is 32.2. The largest absolute Gasteiger partial charge is 0.314 e. The van der Waals surface area contributed by atoms with E-state index in [0.717, 1.165) is 5.56 Å². The fraction of sp³-hybridized carbons (Fsp3) is 0.357. The summed E-state index contributed by atoms with van der Waals surface area (Å²) in [6.45, 7) is 4.06. The van der Waals surface area contributed by atoms with Gasteiger partial charge in [0.1, 0.15) is 4.90 Å². The molecule has 114 valence electrons. The van der Waals surface area contributed by atoms with Crippen molar-refractivity contribution in [1.29, 1.82) is 0 Å². The van der Waals surface area contributed by atoms with Crippen molar-refractivity contribution in [3.8, 4) is 0 Å². The van der Waals surface area contributed by atoms with Gasteiger partial charge in [0.2, 0.25) is 0 Å². The van der Waals surface area contributed by atoms with E-state index in [9.17, 15) is 8.42 Å². The van der Waals surface area contributed by atoms with Crippen LogP contribution in [0.1, 0.15) is 17.0 Å². The van der Waals surface area contributed by atoms with E-state index in [2.05, 4.69) is 15.5 Å². The van der Waals surface area contributed by atoms with Gasteiger partial charge in [-0.3, -0.25) is 9.40 Å². The Hall–Kier alpha value is -1.86. The summed E-state index contributed by atoms with van der Waals surface area (Å²) in [6.07, 6.45) is 0. The predicted molar refractivity (Wildman–Crippen MR) is 82.9 cm³/mol. The second-order valence-corrected chi connectivity index (χ2v) is 6.87. The van der Waals surface area contributed by atoms with Gasteiger partial charge in [-0.25, -0.2) is 8.42 Å². The molecule has 21 heavy (non-hydrogen) atoms. The van der Waals surface area contributed by atoms with Crippen LogP contribution in [0.5, 0.6) is 0 Å². The molecule has 0 aliphatic rings. The van der Waals surface area contributed by atoms with E-state index in [-0.39, 0.29) is 4.90 Å². The van der Waals surface area contributed by atoms with Crippen LogP contribution in [0.15, 0.2) is 29.2 Å². The van der Waals surface area contributed by atoms with E-state index >= 15 is 0 Å². The third-order valence-electron chi connectivity index (χ3n) is 3.32. The number of hydrogen-bond donors (Lipinski definition) is 2. The molecule has 2 rings (SSSR count). The normalized spacial score (nSPS) is 11.6. The highest BCUT2D eigenvalue weighted by molar-refractivity contribution is 7.92. The van der Waals surface area contributed by atoms with Crippen molar-refractivity contribution < 1.29 is 8.42 Å². The van der Waals surface area contributed by atoms with Crippen LogP contribution in [0.4, 0.5) is 5.69 Å². The van der Waals surface area contributed by atoms with Crippen LogP contribution in [-0.4, -0.2) is 32.7 Å². The average Bonchev–Trinajstić information content (AvgIpc) is 2.81. The number of sulfonamides is 1. The first kappa shape index (κ1) is 15.5. The summed E-state index contributed by atoms with van der Waals surface area (Å²) in [6, 6.07) is 7.36. The third-order valence-corrected chi connectivity index (χ3v) is 5.31. The van der Waals surface area contributed by atoms with Gasteiger partial charge in [0, 0.05) is 13.6 Å². The number of aromatic nitrogens is 2. The monoisotopic (exact) mass is 308 g/mol. The molecule has 0 saturated heterocycles. The first-order chi connectivity index (χ1) is 9.87. The smallest absolute Gasteiger partial charge is 0.267 e. The highest BCUT2D eigenvalue weighted by Crippen LogP contribution is 2.26. The number of nitrogens with one attached hydrogen (secondary N) is 2. The van der Waals surface area contributed by atoms with E-state index in [4.69, 9.17) is 0 Å². The van der Waals surface area contributed by atoms with E-state index in [1.165, 1.54) is 4.31 Å². The molecular formula is C14H20N4O2S.